The van der Waals surface area contributed by atoms with E-state index in [4.69, 9.17) is 0 Å². The molecule has 0 atom stereocenters. The van der Waals surface area contributed by atoms with E-state index in [2.05, 4.69) is 16.5 Å². The van der Waals surface area contributed by atoms with E-state index in [1.807, 2.05) is 38.1 Å². The molecule has 0 saturated heterocycles. The zero-order valence-electron chi connectivity index (χ0n) is 7.83. The Hall–Kier alpha value is -1.09. The third-order valence-electron chi connectivity index (χ3n) is 1.55. The van der Waals surface area contributed by atoms with Crippen LogP contribution >= 0.6 is 0 Å². The number of hydrogen-bond donors (Lipinski definition) is 1. The number of aliphatic imine (C=N–C) groups is 1. The lowest BCUT2D eigenvalue weighted by atomic mass is 10.3. The molecule has 2 aliphatic heterocycles. The van der Waals surface area contributed by atoms with E-state index in [1.54, 1.807) is 0 Å². The van der Waals surface area contributed by atoms with Crippen LogP contribution in [0.2, 0.25) is 0 Å². The zero-order chi connectivity index (χ0) is 8.97. The highest BCUT2D eigenvalue weighted by molar-refractivity contribution is 5.94. The molecule has 3 heteroatoms. The number of hydrazine groups is 1. The third-order valence-corrected chi connectivity index (χ3v) is 1.55. The Bertz CT molecular complexity index is 238. The first-order valence-corrected chi connectivity index (χ1v) is 4.33. The van der Waals surface area contributed by atoms with Gasteiger partial charge in [-0.3, -0.25) is 5.01 Å². The van der Waals surface area contributed by atoms with Crippen LogP contribution in [0.4, 0.5) is 0 Å². The van der Waals surface area contributed by atoms with Crippen molar-refractivity contribution >= 4 is 5.71 Å². The number of nitrogens with zero attached hydrogens (tertiary/aromatic N) is 2. The molecule has 0 saturated carbocycles. The standard InChI is InChI=1S/C7H9N3.C2H6/c1-6-3-5-10-7(9-6)2-4-8-10;1-2/h2-3,5,8H,4H2,1H3;1-2H3. The van der Waals surface area contributed by atoms with Gasteiger partial charge in [-0.1, -0.05) is 13.8 Å². The molecule has 0 fully saturated rings. The van der Waals surface area contributed by atoms with Gasteiger partial charge >= 0.3 is 0 Å². The van der Waals surface area contributed by atoms with Crippen molar-refractivity contribution in [3.63, 3.8) is 0 Å². The summed E-state index contributed by atoms with van der Waals surface area (Å²) < 4.78 is 0. The van der Waals surface area contributed by atoms with Gasteiger partial charge in [-0.2, -0.15) is 0 Å². The molecule has 66 valence electrons. The van der Waals surface area contributed by atoms with Crippen molar-refractivity contribution in [2.45, 2.75) is 20.8 Å². The van der Waals surface area contributed by atoms with Gasteiger partial charge in [0.15, 0.2) is 0 Å². The molecule has 1 N–H and O–H groups in total. The van der Waals surface area contributed by atoms with Gasteiger partial charge in [0.05, 0.1) is 0 Å². The van der Waals surface area contributed by atoms with Crippen molar-refractivity contribution in [2.75, 3.05) is 6.54 Å². The van der Waals surface area contributed by atoms with Crippen LogP contribution in [0, 0.1) is 0 Å². The molecule has 0 unspecified atom stereocenters. The largest absolute Gasteiger partial charge is 0.267 e. The minimum Gasteiger partial charge on any atom is -0.267 e. The topological polar surface area (TPSA) is 27.6 Å². The van der Waals surface area contributed by atoms with Crippen molar-refractivity contribution < 1.29 is 0 Å². The molecule has 2 rings (SSSR count). The SMILES string of the molecule is CC.CC1=NC2=CCNN2C=C1. The fraction of sp³-hybridized carbons (Fsp3) is 0.444. The smallest absolute Gasteiger partial charge is 0.144 e. The second kappa shape index (κ2) is 4.07. The molecule has 12 heavy (non-hydrogen) atoms. The Morgan fingerprint density at radius 1 is 1.50 bits per heavy atom. The molecule has 3 nitrogen and oxygen atoms in total. The van der Waals surface area contributed by atoms with Gasteiger partial charge in [-0.15, -0.1) is 0 Å². The van der Waals surface area contributed by atoms with Crippen molar-refractivity contribution in [1.82, 2.24) is 10.4 Å². The molecule has 0 spiro atoms. The van der Waals surface area contributed by atoms with Gasteiger partial charge in [0.1, 0.15) is 5.82 Å². The van der Waals surface area contributed by atoms with Crippen molar-refractivity contribution in [3.05, 3.63) is 24.2 Å². The van der Waals surface area contributed by atoms with E-state index >= 15 is 0 Å². The molecule has 0 aliphatic carbocycles. The predicted molar refractivity (Wildman–Crippen MR) is 51.5 cm³/mol. The predicted octanol–water partition coefficient (Wildman–Crippen LogP) is 1.66. The summed E-state index contributed by atoms with van der Waals surface area (Å²) in [5.41, 5.74) is 4.19. The van der Waals surface area contributed by atoms with E-state index < -0.39 is 0 Å². The Balaban J connectivity index is 0.000000336. The van der Waals surface area contributed by atoms with Gasteiger partial charge in [-0.05, 0) is 19.1 Å². The first kappa shape index (κ1) is 9.00. The summed E-state index contributed by atoms with van der Waals surface area (Å²) in [5, 5.41) is 1.92. The van der Waals surface area contributed by atoms with Crippen molar-refractivity contribution in [3.8, 4) is 0 Å². The summed E-state index contributed by atoms with van der Waals surface area (Å²) in [6.07, 6.45) is 6.03. The van der Waals surface area contributed by atoms with E-state index in [0.29, 0.717) is 0 Å². The summed E-state index contributed by atoms with van der Waals surface area (Å²) in [5.74, 6) is 1.01. The van der Waals surface area contributed by atoms with E-state index in [9.17, 15) is 0 Å². The van der Waals surface area contributed by atoms with Crippen LogP contribution in [0.1, 0.15) is 20.8 Å². The molecular weight excluding hydrogens is 150 g/mol. The van der Waals surface area contributed by atoms with Crippen LogP contribution in [-0.2, 0) is 0 Å². The molecule has 0 aromatic heterocycles. The number of rotatable bonds is 0. The second-order valence-corrected chi connectivity index (χ2v) is 2.36. The summed E-state index contributed by atoms with van der Waals surface area (Å²) in [7, 11) is 0. The first-order valence-electron chi connectivity index (χ1n) is 4.33. The number of nitrogens with one attached hydrogen (secondary N) is 1. The molecule has 0 radical (unpaired) electrons. The average Bonchev–Trinajstić information content (AvgIpc) is 2.54. The molecular formula is C9H15N3. The molecule has 2 aliphatic rings. The Kier molecular flexibility index (Phi) is 3.05. The van der Waals surface area contributed by atoms with Crippen molar-refractivity contribution in [2.24, 2.45) is 4.99 Å². The fourth-order valence-corrected chi connectivity index (χ4v) is 1.04. The molecule has 2 heterocycles. The summed E-state index contributed by atoms with van der Waals surface area (Å²) in [4.78, 5) is 4.30. The van der Waals surface area contributed by atoms with Crippen LogP contribution in [0.5, 0.6) is 0 Å². The lowest BCUT2D eigenvalue weighted by Gasteiger charge is -2.17. The van der Waals surface area contributed by atoms with Crippen LogP contribution in [0.15, 0.2) is 29.2 Å². The zero-order valence-corrected chi connectivity index (χ0v) is 7.83. The second-order valence-electron chi connectivity index (χ2n) is 2.36. The highest BCUT2D eigenvalue weighted by Crippen LogP contribution is 2.13. The minimum atomic E-state index is 0.885. The summed E-state index contributed by atoms with van der Waals surface area (Å²) in [6, 6.07) is 0. The van der Waals surface area contributed by atoms with E-state index in [-0.39, 0.29) is 0 Å². The fourth-order valence-electron chi connectivity index (χ4n) is 1.04. The van der Waals surface area contributed by atoms with Gasteiger partial charge in [0.25, 0.3) is 0 Å². The maximum absolute atomic E-state index is 4.30. The van der Waals surface area contributed by atoms with Gasteiger partial charge in [-0.25, -0.2) is 10.4 Å². The first-order chi connectivity index (χ1) is 5.86. The lowest BCUT2D eigenvalue weighted by molar-refractivity contribution is 0.382. The summed E-state index contributed by atoms with van der Waals surface area (Å²) in [6.45, 7) is 6.88. The molecule has 0 amide bonds. The van der Waals surface area contributed by atoms with Crippen LogP contribution in [0.25, 0.3) is 0 Å². The highest BCUT2D eigenvalue weighted by atomic mass is 15.5. The van der Waals surface area contributed by atoms with E-state index in [1.165, 1.54) is 0 Å². The molecule has 0 aromatic carbocycles. The number of hydrogen-bond acceptors (Lipinski definition) is 3. The van der Waals surface area contributed by atoms with Crippen LogP contribution < -0.4 is 5.43 Å². The maximum atomic E-state index is 4.30. The quantitative estimate of drug-likeness (QED) is 0.591. The summed E-state index contributed by atoms with van der Waals surface area (Å²) >= 11 is 0. The Morgan fingerprint density at radius 3 is 3.00 bits per heavy atom. The maximum Gasteiger partial charge on any atom is 0.144 e. The normalized spacial score (nSPS) is 19.1. The highest BCUT2D eigenvalue weighted by Gasteiger charge is 2.13. The lowest BCUT2D eigenvalue weighted by Crippen LogP contribution is -2.27. The van der Waals surface area contributed by atoms with Crippen molar-refractivity contribution in [1.29, 1.82) is 0 Å². The van der Waals surface area contributed by atoms with Crippen LogP contribution in [0.3, 0.4) is 0 Å². The van der Waals surface area contributed by atoms with E-state index in [0.717, 1.165) is 18.1 Å². The van der Waals surface area contributed by atoms with Gasteiger partial charge in [0.2, 0.25) is 0 Å². The van der Waals surface area contributed by atoms with Crippen LogP contribution in [-0.4, -0.2) is 17.3 Å². The van der Waals surface area contributed by atoms with Gasteiger partial charge in [0, 0.05) is 18.5 Å². The molecule has 0 bridgehead atoms. The monoisotopic (exact) mass is 165 g/mol. The Morgan fingerprint density at radius 2 is 2.25 bits per heavy atom. The average molecular weight is 165 g/mol. The molecule has 0 aromatic rings. The number of fused-ring (bicyclic) bond motifs is 1. The third kappa shape index (κ3) is 1.74. The van der Waals surface area contributed by atoms with Gasteiger partial charge < -0.3 is 0 Å². The minimum absolute atomic E-state index is 0.885. The Labute approximate surface area is 73.4 Å². The number of allylic oxidation sites excluding steroid dienone is 1.